The van der Waals surface area contributed by atoms with E-state index in [9.17, 15) is 15.0 Å². The highest BCUT2D eigenvalue weighted by Gasteiger charge is 2.27. The van der Waals surface area contributed by atoms with E-state index in [0.717, 1.165) is 0 Å². The van der Waals surface area contributed by atoms with Crippen LogP contribution in [0.5, 0.6) is 11.5 Å². The van der Waals surface area contributed by atoms with Gasteiger partial charge in [0.2, 0.25) is 0 Å². The van der Waals surface area contributed by atoms with Crippen molar-refractivity contribution in [2.75, 3.05) is 12.4 Å². The molecule has 0 saturated carbocycles. The number of hydrogen-bond acceptors (Lipinski definition) is 4. The van der Waals surface area contributed by atoms with Crippen LogP contribution in [0.25, 0.3) is 11.6 Å². The Hall–Kier alpha value is -3.95. The molecule has 1 atom stereocenters. The molecule has 0 spiro atoms. The molecule has 0 radical (unpaired) electrons. The lowest BCUT2D eigenvalue weighted by Crippen LogP contribution is -2.03. The van der Waals surface area contributed by atoms with Gasteiger partial charge in [0, 0.05) is 17.3 Å². The highest BCUT2D eigenvalue weighted by atomic mass is 16.5. The average Bonchev–Trinajstić information content (AvgIpc) is 3.30. The van der Waals surface area contributed by atoms with Crippen molar-refractivity contribution >= 4 is 23.2 Å². The van der Waals surface area contributed by atoms with Crippen LogP contribution in [-0.4, -0.2) is 28.2 Å². The maximum Gasteiger partial charge on any atom is 0.256 e. The second kappa shape index (κ2) is 7.58. The summed E-state index contributed by atoms with van der Waals surface area (Å²) >= 11 is 0. The third-order valence-corrected chi connectivity index (χ3v) is 4.60. The number of aromatic nitrogens is 1. The Morgan fingerprint density at radius 2 is 2.00 bits per heavy atom. The van der Waals surface area contributed by atoms with Crippen LogP contribution in [0.3, 0.4) is 0 Å². The van der Waals surface area contributed by atoms with Gasteiger partial charge >= 0.3 is 0 Å². The number of phenolic OH excluding ortho intramolecular Hbond substituents is 1. The minimum atomic E-state index is -1.07. The van der Waals surface area contributed by atoms with Crippen LogP contribution in [-0.2, 0) is 4.79 Å². The van der Waals surface area contributed by atoms with Gasteiger partial charge in [-0.05, 0) is 42.0 Å². The number of rotatable bonds is 3. The molecule has 144 valence electrons. The number of methoxy groups -OCH3 is 1. The SMILES string of the molecule is COc1cc[nH]c1C=C1C(=O)Nc2cccc(C#CC(O)c3cccc(O)c3)c21. The van der Waals surface area contributed by atoms with Crippen LogP contribution < -0.4 is 10.1 Å². The molecule has 1 aliphatic rings. The van der Waals surface area contributed by atoms with Crippen molar-refractivity contribution in [2.45, 2.75) is 6.10 Å². The van der Waals surface area contributed by atoms with Crippen LogP contribution in [0.4, 0.5) is 5.69 Å². The Kier molecular flexibility index (Phi) is 4.82. The molecule has 1 amide bonds. The van der Waals surface area contributed by atoms with Gasteiger partial charge in [-0.25, -0.2) is 0 Å². The maximum atomic E-state index is 12.5. The molecule has 1 aliphatic heterocycles. The van der Waals surface area contributed by atoms with E-state index in [0.29, 0.717) is 39.4 Å². The first-order valence-corrected chi connectivity index (χ1v) is 8.93. The van der Waals surface area contributed by atoms with Gasteiger partial charge in [-0.3, -0.25) is 4.79 Å². The Morgan fingerprint density at radius 1 is 1.17 bits per heavy atom. The number of ether oxygens (including phenoxy) is 1. The van der Waals surface area contributed by atoms with Crippen molar-refractivity contribution in [1.82, 2.24) is 4.98 Å². The standard InChI is InChI=1S/C23H18N2O4/c1-29-21-10-11-24-19(21)13-17-22-14(4-3-7-18(22)25-23(17)28)8-9-20(27)15-5-2-6-16(26)12-15/h2-7,10-13,20,24,26-27H,1H3,(H,25,28). The van der Waals surface area contributed by atoms with Crippen LogP contribution in [0, 0.1) is 11.8 Å². The van der Waals surface area contributed by atoms with Gasteiger partial charge in [-0.2, -0.15) is 0 Å². The van der Waals surface area contributed by atoms with E-state index in [-0.39, 0.29) is 11.7 Å². The van der Waals surface area contributed by atoms with Crippen molar-refractivity contribution in [3.8, 4) is 23.3 Å². The zero-order valence-electron chi connectivity index (χ0n) is 15.6. The first-order valence-electron chi connectivity index (χ1n) is 8.93. The maximum absolute atomic E-state index is 12.5. The van der Waals surface area contributed by atoms with Gasteiger partial charge in [0.1, 0.15) is 17.6 Å². The van der Waals surface area contributed by atoms with Gasteiger partial charge in [-0.15, -0.1) is 0 Å². The lowest BCUT2D eigenvalue weighted by atomic mass is 9.99. The highest BCUT2D eigenvalue weighted by Crippen LogP contribution is 2.36. The smallest absolute Gasteiger partial charge is 0.256 e. The molecular weight excluding hydrogens is 368 g/mol. The van der Waals surface area contributed by atoms with E-state index in [1.165, 1.54) is 12.1 Å². The van der Waals surface area contributed by atoms with Crippen LogP contribution in [0.15, 0.2) is 54.7 Å². The number of aromatic hydroxyl groups is 1. The van der Waals surface area contributed by atoms with E-state index in [1.807, 2.05) is 0 Å². The summed E-state index contributed by atoms with van der Waals surface area (Å²) in [5.74, 6) is 6.20. The van der Waals surface area contributed by atoms with E-state index in [2.05, 4.69) is 22.1 Å². The summed E-state index contributed by atoms with van der Waals surface area (Å²) in [5, 5.41) is 22.8. The normalized spacial score (nSPS) is 14.7. The lowest BCUT2D eigenvalue weighted by molar-refractivity contribution is -0.110. The Morgan fingerprint density at radius 3 is 2.79 bits per heavy atom. The molecule has 0 aliphatic carbocycles. The third kappa shape index (κ3) is 3.59. The van der Waals surface area contributed by atoms with Gasteiger partial charge in [0.15, 0.2) is 0 Å². The van der Waals surface area contributed by atoms with E-state index < -0.39 is 6.10 Å². The van der Waals surface area contributed by atoms with Gasteiger partial charge < -0.3 is 25.3 Å². The average molecular weight is 386 g/mol. The summed E-state index contributed by atoms with van der Waals surface area (Å²) in [4.78, 5) is 15.6. The van der Waals surface area contributed by atoms with Crippen molar-refractivity contribution < 1.29 is 19.7 Å². The Bertz CT molecular complexity index is 1180. The first kappa shape index (κ1) is 18.4. The number of aromatic amines is 1. The molecule has 1 unspecified atom stereocenters. The number of fused-ring (bicyclic) bond motifs is 1. The molecule has 2 heterocycles. The summed E-state index contributed by atoms with van der Waals surface area (Å²) in [6, 6.07) is 13.5. The minimum Gasteiger partial charge on any atom is -0.508 e. The van der Waals surface area contributed by atoms with Crippen molar-refractivity contribution in [1.29, 1.82) is 0 Å². The van der Waals surface area contributed by atoms with Gasteiger partial charge in [-0.1, -0.05) is 30.0 Å². The number of carbonyl (C=O) groups excluding carboxylic acids is 1. The Labute approximate surface area is 167 Å². The highest BCUT2D eigenvalue weighted by molar-refractivity contribution is 6.35. The number of phenols is 1. The van der Waals surface area contributed by atoms with Crippen molar-refractivity contribution in [3.63, 3.8) is 0 Å². The summed E-state index contributed by atoms with van der Waals surface area (Å²) in [7, 11) is 1.56. The molecule has 6 nitrogen and oxygen atoms in total. The molecule has 29 heavy (non-hydrogen) atoms. The fraction of sp³-hybridized carbons (Fsp3) is 0.0870. The monoisotopic (exact) mass is 386 g/mol. The first-order chi connectivity index (χ1) is 14.1. The topological polar surface area (TPSA) is 94.6 Å². The second-order valence-electron chi connectivity index (χ2n) is 6.47. The summed E-state index contributed by atoms with van der Waals surface area (Å²) < 4.78 is 5.30. The van der Waals surface area contributed by atoms with Gasteiger partial charge in [0.25, 0.3) is 5.91 Å². The third-order valence-electron chi connectivity index (χ3n) is 4.60. The number of aliphatic hydroxyl groups is 1. The molecule has 4 N–H and O–H groups in total. The predicted octanol–water partition coefficient (Wildman–Crippen LogP) is 3.31. The van der Waals surface area contributed by atoms with Gasteiger partial charge in [0.05, 0.1) is 24.1 Å². The summed E-state index contributed by atoms with van der Waals surface area (Å²) in [5.41, 5.74) is 3.56. The number of carbonyl (C=O) groups is 1. The van der Waals surface area contributed by atoms with Crippen LogP contribution >= 0.6 is 0 Å². The Balaban J connectivity index is 1.74. The number of benzene rings is 2. The fourth-order valence-corrected chi connectivity index (χ4v) is 3.22. The molecule has 0 bridgehead atoms. The van der Waals surface area contributed by atoms with Crippen LogP contribution in [0.2, 0.25) is 0 Å². The summed E-state index contributed by atoms with van der Waals surface area (Å²) in [6.07, 6.45) is 2.38. The van der Waals surface area contributed by atoms with Crippen molar-refractivity contribution in [3.05, 3.63) is 77.1 Å². The number of nitrogens with one attached hydrogen (secondary N) is 2. The number of H-pyrrole nitrogens is 1. The van der Waals surface area contributed by atoms with Crippen molar-refractivity contribution in [2.24, 2.45) is 0 Å². The number of aliphatic hydroxyl groups excluding tert-OH is 1. The van der Waals surface area contributed by atoms with E-state index in [4.69, 9.17) is 4.74 Å². The number of amides is 1. The van der Waals surface area contributed by atoms with E-state index in [1.54, 1.807) is 55.8 Å². The number of hydrogen-bond donors (Lipinski definition) is 4. The zero-order valence-corrected chi connectivity index (χ0v) is 15.6. The fourth-order valence-electron chi connectivity index (χ4n) is 3.22. The largest absolute Gasteiger partial charge is 0.508 e. The number of anilines is 1. The molecule has 4 rings (SSSR count). The molecular formula is C23H18N2O4. The summed E-state index contributed by atoms with van der Waals surface area (Å²) in [6.45, 7) is 0. The molecule has 3 aromatic rings. The zero-order chi connectivity index (χ0) is 20.4. The molecule has 6 heteroatoms. The quantitative estimate of drug-likeness (QED) is 0.410. The van der Waals surface area contributed by atoms with E-state index >= 15 is 0 Å². The molecule has 0 fully saturated rings. The molecule has 1 aromatic heterocycles. The lowest BCUT2D eigenvalue weighted by Gasteiger charge is -2.05. The minimum absolute atomic E-state index is 0.0591. The predicted molar refractivity (Wildman–Crippen MR) is 110 cm³/mol. The second-order valence-corrected chi connectivity index (χ2v) is 6.47. The molecule has 2 aromatic carbocycles. The molecule has 0 saturated heterocycles. The van der Waals surface area contributed by atoms with Crippen LogP contribution in [0.1, 0.15) is 28.5 Å².